The topological polar surface area (TPSA) is 52.0 Å². The van der Waals surface area contributed by atoms with Gasteiger partial charge < -0.3 is 0 Å². The van der Waals surface area contributed by atoms with Crippen molar-refractivity contribution in [1.29, 1.82) is 0 Å². The van der Waals surface area contributed by atoms with Gasteiger partial charge in [0.2, 0.25) is 0 Å². The van der Waals surface area contributed by atoms with E-state index in [2.05, 4.69) is 13.5 Å². The summed E-state index contributed by atoms with van der Waals surface area (Å²) in [4.78, 5) is 33.2. The molecule has 146 valence electrons. The average molecular weight is 451 g/mol. The van der Waals surface area contributed by atoms with E-state index in [1.807, 2.05) is 0 Å². The predicted molar refractivity (Wildman–Crippen MR) is 120 cm³/mol. The van der Waals surface area contributed by atoms with Crippen LogP contribution in [0.15, 0.2) is 34.7 Å². The minimum absolute atomic E-state index is 0.0132. The van der Waals surface area contributed by atoms with Crippen molar-refractivity contribution in [3.63, 3.8) is 0 Å². The highest BCUT2D eigenvalue weighted by molar-refractivity contribution is 7.99. The lowest BCUT2D eigenvalue weighted by atomic mass is 9.89. The Bertz CT molecular complexity index is 1130. The van der Waals surface area contributed by atoms with Crippen LogP contribution in [0.25, 0.3) is 10.2 Å². The summed E-state index contributed by atoms with van der Waals surface area (Å²) in [6.45, 7) is 6.40. The SMILES string of the molecule is C=CCn1c(SCC(=O)c2ccc(Cl)s2)nc2sc3c(c2c1=O)CCC(C)C3. The lowest BCUT2D eigenvalue weighted by molar-refractivity contribution is 0.102. The molecule has 3 heterocycles. The minimum Gasteiger partial charge on any atom is -0.292 e. The van der Waals surface area contributed by atoms with E-state index in [1.165, 1.54) is 33.5 Å². The molecule has 0 N–H and O–H groups in total. The van der Waals surface area contributed by atoms with Crippen molar-refractivity contribution < 1.29 is 4.79 Å². The molecule has 1 unspecified atom stereocenters. The highest BCUT2D eigenvalue weighted by Gasteiger charge is 2.24. The van der Waals surface area contributed by atoms with E-state index < -0.39 is 0 Å². The average Bonchev–Trinajstić information content (AvgIpc) is 3.25. The van der Waals surface area contributed by atoms with E-state index in [0.29, 0.717) is 26.8 Å². The van der Waals surface area contributed by atoms with Crippen molar-refractivity contribution in [3.8, 4) is 0 Å². The number of carbonyl (C=O) groups excluding carboxylic acids is 1. The van der Waals surface area contributed by atoms with Gasteiger partial charge in [-0.05, 0) is 42.9 Å². The summed E-state index contributed by atoms with van der Waals surface area (Å²) in [6.07, 6.45) is 4.75. The van der Waals surface area contributed by atoms with Crippen LogP contribution in [0.2, 0.25) is 4.34 Å². The monoisotopic (exact) mass is 450 g/mol. The zero-order chi connectivity index (χ0) is 19.8. The van der Waals surface area contributed by atoms with E-state index >= 15 is 0 Å². The molecule has 8 heteroatoms. The second kappa shape index (κ2) is 8.14. The number of carbonyl (C=O) groups is 1. The highest BCUT2D eigenvalue weighted by Crippen LogP contribution is 2.36. The second-order valence-corrected chi connectivity index (χ2v) is 10.7. The van der Waals surface area contributed by atoms with E-state index in [1.54, 1.807) is 34.1 Å². The summed E-state index contributed by atoms with van der Waals surface area (Å²) in [6, 6.07) is 3.46. The Morgan fingerprint density at radius 1 is 1.46 bits per heavy atom. The van der Waals surface area contributed by atoms with Crippen LogP contribution in [0.4, 0.5) is 0 Å². The molecule has 0 radical (unpaired) electrons. The molecule has 0 saturated carbocycles. The van der Waals surface area contributed by atoms with Gasteiger partial charge in [-0.1, -0.05) is 36.4 Å². The lowest BCUT2D eigenvalue weighted by Gasteiger charge is -2.17. The summed E-state index contributed by atoms with van der Waals surface area (Å²) >= 11 is 10.1. The summed E-state index contributed by atoms with van der Waals surface area (Å²) in [5.41, 5.74) is 1.15. The number of halogens is 1. The van der Waals surface area contributed by atoms with E-state index in [-0.39, 0.29) is 17.1 Å². The number of Topliss-reactive ketones (excluding diaryl/α,β-unsaturated/α-hetero) is 1. The van der Waals surface area contributed by atoms with E-state index in [9.17, 15) is 9.59 Å². The first-order valence-corrected chi connectivity index (χ1v) is 12.0. The molecule has 1 aliphatic carbocycles. The van der Waals surface area contributed by atoms with Crippen molar-refractivity contribution in [2.75, 3.05) is 5.75 Å². The molecule has 0 spiro atoms. The molecule has 0 aliphatic heterocycles. The highest BCUT2D eigenvalue weighted by atomic mass is 35.5. The normalized spacial score (nSPS) is 16.3. The largest absolute Gasteiger partial charge is 0.292 e. The standard InChI is InChI=1S/C20H19ClN2O2S3/c1-3-8-23-19(25)17-12-5-4-11(2)9-15(12)28-18(17)22-20(23)26-10-13(24)14-6-7-16(21)27-14/h3,6-7,11H,1,4-5,8-10H2,2H3. The third-order valence-corrected chi connectivity index (χ3v) is 8.27. The van der Waals surface area contributed by atoms with E-state index in [0.717, 1.165) is 29.5 Å². The van der Waals surface area contributed by atoms with Crippen molar-refractivity contribution in [2.45, 2.75) is 37.9 Å². The second-order valence-electron chi connectivity index (χ2n) is 6.95. The zero-order valence-electron chi connectivity index (χ0n) is 15.4. The molecule has 4 nitrogen and oxygen atoms in total. The number of nitrogens with zero attached hydrogens (tertiary/aromatic N) is 2. The van der Waals surface area contributed by atoms with Crippen molar-refractivity contribution in [3.05, 3.63) is 54.8 Å². The van der Waals surface area contributed by atoms with Gasteiger partial charge in [0.25, 0.3) is 5.56 Å². The number of thiophene rings is 2. The number of rotatable bonds is 6. The Hall–Kier alpha value is -1.41. The fourth-order valence-electron chi connectivity index (χ4n) is 3.47. The minimum atomic E-state index is -0.0222. The molecule has 0 amide bonds. The van der Waals surface area contributed by atoms with Gasteiger partial charge in [0.1, 0.15) is 4.83 Å². The number of thioether (sulfide) groups is 1. The zero-order valence-corrected chi connectivity index (χ0v) is 18.6. The molecule has 3 aromatic heterocycles. The van der Waals surface area contributed by atoms with Crippen LogP contribution in [0.5, 0.6) is 0 Å². The Balaban J connectivity index is 1.71. The maximum atomic E-state index is 13.2. The number of allylic oxidation sites excluding steroid dienone is 1. The molecule has 0 saturated heterocycles. The Morgan fingerprint density at radius 2 is 2.29 bits per heavy atom. The third kappa shape index (κ3) is 3.73. The van der Waals surface area contributed by atoms with Gasteiger partial charge in [-0.2, -0.15) is 0 Å². The molecular weight excluding hydrogens is 432 g/mol. The fourth-order valence-corrected chi connectivity index (χ4v) is 6.86. The van der Waals surface area contributed by atoms with Crippen LogP contribution < -0.4 is 5.56 Å². The molecule has 3 aromatic rings. The number of aryl methyl sites for hydroxylation is 1. The number of hydrogen-bond donors (Lipinski definition) is 0. The summed E-state index contributed by atoms with van der Waals surface area (Å²) in [5.74, 6) is 0.842. The van der Waals surface area contributed by atoms with Crippen LogP contribution in [-0.4, -0.2) is 21.1 Å². The van der Waals surface area contributed by atoms with Crippen LogP contribution in [0.1, 0.15) is 33.5 Å². The molecule has 4 rings (SSSR count). The molecule has 0 aromatic carbocycles. The quantitative estimate of drug-likeness (QED) is 0.216. The van der Waals surface area contributed by atoms with Gasteiger partial charge in [-0.3, -0.25) is 14.2 Å². The number of fused-ring (bicyclic) bond motifs is 3. The Kier molecular flexibility index (Phi) is 5.78. The Morgan fingerprint density at radius 3 is 3.00 bits per heavy atom. The Labute approximate surface area is 180 Å². The van der Waals surface area contributed by atoms with E-state index in [4.69, 9.17) is 16.6 Å². The molecule has 28 heavy (non-hydrogen) atoms. The summed E-state index contributed by atoms with van der Waals surface area (Å²) < 4.78 is 2.23. The summed E-state index contributed by atoms with van der Waals surface area (Å²) in [7, 11) is 0. The first-order chi connectivity index (χ1) is 13.5. The van der Waals surface area contributed by atoms with Gasteiger partial charge in [0.05, 0.1) is 20.4 Å². The first kappa shape index (κ1) is 19.9. The lowest BCUT2D eigenvalue weighted by Crippen LogP contribution is -2.24. The molecule has 0 fully saturated rings. The van der Waals surface area contributed by atoms with Crippen LogP contribution >= 0.6 is 46.0 Å². The number of aromatic nitrogens is 2. The van der Waals surface area contributed by atoms with Gasteiger partial charge >= 0.3 is 0 Å². The summed E-state index contributed by atoms with van der Waals surface area (Å²) in [5, 5.41) is 1.33. The maximum absolute atomic E-state index is 13.2. The fraction of sp³-hybridized carbons (Fsp3) is 0.350. The predicted octanol–water partition coefficient (Wildman–Crippen LogP) is 5.46. The van der Waals surface area contributed by atoms with Crippen molar-refractivity contribution >= 4 is 62.0 Å². The van der Waals surface area contributed by atoms with Crippen molar-refractivity contribution in [1.82, 2.24) is 9.55 Å². The van der Waals surface area contributed by atoms with Gasteiger partial charge in [-0.15, -0.1) is 29.3 Å². The molecule has 1 aliphatic rings. The first-order valence-electron chi connectivity index (χ1n) is 9.05. The maximum Gasteiger partial charge on any atom is 0.263 e. The smallest absolute Gasteiger partial charge is 0.263 e. The van der Waals surface area contributed by atoms with Crippen LogP contribution in [0, 0.1) is 5.92 Å². The van der Waals surface area contributed by atoms with Crippen LogP contribution in [-0.2, 0) is 19.4 Å². The number of hydrogen-bond acceptors (Lipinski definition) is 6. The molecular formula is C20H19ClN2O2S3. The number of ketones is 1. The van der Waals surface area contributed by atoms with Crippen molar-refractivity contribution in [2.24, 2.45) is 5.92 Å². The van der Waals surface area contributed by atoms with Gasteiger partial charge in [0.15, 0.2) is 10.9 Å². The van der Waals surface area contributed by atoms with Crippen LogP contribution in [0.3, 0.4) is 0 Å². The molecule has 0 bridgehead atoms. The van der Waals surface area contributed by atoms with Gasteiger partial charge in [0, 0.05) is 11.4 Å². The third-order valence-electron chi connectivity index (χ3n) is 4.87. The molecule has 1 atom stereocenters. The van der Waals surface area contributed by atoms with Gasteiger partial charge in [-0.25, -0.2) is 4.98 Å².